The Bertz CT molecular complexity index is 378. The number of rotatable bonds is 5. The molecule has 0 rings (SSSR count). The maximum absolute atomic E-state index is 10.3. The molecule has 0 aromatic heterocycles. The summed E-state index contributed by atoms with van der Waals surface area (Å²) in [5, 5.41) is 10.4. The predicted octanol–water partition coefficient (Wildman–Crippen LogP) is 4.19. The lowest BCUT2D eigenvalue weighted by molar-refractivity contribution is 0.0632. The van der Waals surface area contributed by atoms with Gasteiger partial charge in [-0.1, -0.05) is 52.4 Å². The minimum Gasteiger partial charge on any atom is -0.401 e. The van der Waals surface area contributed by atoms with Gasteiger partial charge in [0.1, 0.15) is 14.2 Å². The van der Waals surface area contributed by atoms with Crippen LogP contribution in [0.25, 0.3) is 0 Å². The van der Waals surface area contributed by atoms with Crippen LogP contribution in [0, 0.1) is 11.5 Å². The monoisotopic (exact) mass is 312 g/mol. The molecule has 0 heterocycles. The molecule has 0 spiro atoms. The molecule has 116 valence electrons. The van der Waals surface area contributed by atoms with Gasteiger partial charge in [-0.05, 0) is 24.6 Å². The molecule has 0 aromatic carbocycles. The molecule has 0 saturated heterocycles. The van der Waals surface area contributed by atoms with E-state index in [2.05, 4.69) is 71.5 Å². The van der Waals surface area contributed by atoms with Gasteiger partial charge >= 0.3 is 0 Å². The molecule has 0 aliphatic heterocycles. The zero-order chi connectivity index (χ0) is 16.2. The molecule has 2 atom stereocenters. The maximum atomic E-state index is 10.3. The van der Waals surface area contributed by atoms with Crippen LogP contribution < -0.4 is 0 Å². The fourth-order valence-corrected chi connectivity index (χ4v) is 3.06. The largest absolute Gasteiger partial charge is 0.401 e. The van der Waals surface area contributed by atoms with Crippen LogP contribution in [0.3, 0.4) is 0 Å². The van der Waals surface area contributed by atoms with E-state index < -0.39 is 28.6 Å². The van der Waals surface area contributed by atoms with Gasteiger partial charge in [0.05, 0.1) is 6.10 Å². The number of hydrogen-bond donors (Lipinski definition) is 1. The van der Waals surface area contributed by atoms with E-state index in [1.54, 1.807) is 6.08 Å². The topological polar surface area (TPSA) is 29.5 Å². The molecule has 1 N–H and O–H groups in total. The Morgan fingerprint density at radius 1 is 1.20 bits per heavy atom. The number of aliphatic hydroxyl groups excluding tert-OH is 1. The van der Waals surface area contributed by atoms with Crippen LogP contribution >= 0.6 is 0 Å². The van der Waals surface area contributed by atoms with Crippen LogP contribution in [0.2, 0.25) is 37.8 Å². The molecule has 0 aliphatic rings. The first-order valence-electron chi connectivity index (χ1n) is 7.29. The van der Waals surface area contributed by atoms with Crippen molar-refractivity contribution in [3.63, 3.8) is 0 Å². The van der Waals surface area contributed by atoms with Crippen LogP contribution in [0.4, 0.5) is 0 Å². The van der Waals surface area contributed by atoms with Gasteiger partial charge in [0, 0.05) is 0 Å². The van der Waals surface area contributed by atoms with Gasteiger partial charge in [-0.3, -0.25) is 0 Å². The highest BCUT2D eigenvalue weighted by molar-refractivity contribution is 6.83. The fourth-order valence-electron chi connectivity index (χ4n) is 1.28. The Morgan fingerprint density at radius 2 is 1.70 bits per heavy atom. The van der Waals surface area contributed by atoms with E-state index in [-0.39, 0.29) is 5.04 Å². The molecule has 4 heteroatoms. The highest BCUT2D eigenvalue weighted by Gasteiger charge is 2.40. The summed E-state index contributed by atoms with van der Waals surface area (Å²) in [7, 11) is -3.41. The summed E-state index contributed by atoms with van der Waals surface area (Å²) in [6.45, 7) is 21.3. The van der Waals surface area contributed by atoms with Gasteiger partial charge in [-0.2, -0.15) is 0 Å². The Hall–Kier alpha value is -0.346. The Balaban J connectivity index is 5.23. The van der Waals surface area contributed by atoms with Crippen molar-refractivity contribution in [3.8, 4) is 11.5 Å². The Morgan fingerprint density at radius 3 is 2.05 bits per heavy atom. The average molecular weight is 313 g/mol. The second-order valence-corrected chi connectivity index (χ2v) is 17.4. The second-order valence-electron chi connectivity index (χ2n) is 7.91. The van der Waals surface area contributed by atoms with E-state index >= 15 is 0 Å². The molecule has 2 nitrogen and oxygen atoms in total. The molecule has 20 heavy (non-hydrogen) atoms. The van der Waals surface area contributed by atoms with Crippen LogP contribution in [0.15, 0.2) is 12.7 Å². The quantitative estimate of drug-likeness (QED) is 0.468. The molecule has 0 aliphatic carbocycles. The first kappa shape index (κ1) is 19.7. The van der Waals surface area contributed by atoms with Crippen molar-refractivity contribution in [3.05, 3.63) is 12.7 Å². The zero-order valence-corrected chi connectivity index (χ0v) is 16.5. The lowest BCUT2D eigenvalue weighted by atomic mass is 10.1. The standard InChI is InChI=1S/C16H32O2Si2/c1-10-11-14(17)15(12-13-19(5,6)7)18-20(8,9)16(2,3)4/h10,14-15,17H,1,11H2,2-9H3/t14-,15+/m0/s1. The number of hydrogen-bond acceptors (Lipinski definition) is 2. The third-order valence-electron chi connectivity index (χ3n) is 3.57. The molecule has 0 saturated carbocycles. The van der Waals surface area contributed by atoms with Crippen molar-refractivity contribution in [2.24, 2.45) is 0 Å². The van der Waals surface area contributed by atoms with Gasteiger partial charge in [-0.15, -0.1) is 12.1 Å². The van der Waals surface area contributed by atoms with Gasteiger partial charge < -0.3 is 9.53 Å². The van der Waals surface area contributed by atoms with Crippen molar-refractivity contribution in [2.45, 2.75) is 77.2 Å². The minimum atomic E-state index is -1.94. The molecule has 0 radical (unpaired) electrons. The van der Waals surface area contributed by atoms with Gasteiger partial charge in [0.2, 0.25) is 0 Å². The van der Waals surface area contributed by atoms with Gasteiger partial charge in [-0.25, -0.2) is 0 Å². The summed E-state index contributed by atoms with van der Waals surface area (Å²) < 4.78 is 6.30. The van der Waals surface area contributed by atoms with E-state index in [0.29, 0.717) is 6.42 Å². The normalized spacial score (nSPS) is 16.1. The van der Waals surface area contributed by atoms with Crippen LogP contribution in [-0.4, -0.2) is 33.7 Å². The fraction of sp³-hybridized carbons (Fsp3) is 0.750. The summed E-state index contributed by atoms with van der Waals surface area (Å²) >= 11 is 0. The van der Waals surface area contributed by atoms with Crippen molar-refractivity contribution < 1.29 is 9.53 Å². The summed E-state index contributed by atoms with van der Waals surface area (Å²) in [6, 6.07) is 0. The molecule has 0 fully saturated rings. The summed E-state index contributed by atoms with van der Waals surface area (Å²) in [5.74, 6) is 3.20. The maximum Gasteiger partial charge on any atom is 0.193 e. The van der Waals surface area contributed by atoms with Gasteiger partial charge in [0.25, 0.3) is 0 Å². The van der Waals surface area contributed by atoms with E-state index in [0.717, 1.165) is 0 Å². The molecule has 0 unspecified atom stereocenters. The molecular weight excluding hydrogens is 280 g/mol. The summed E-state index contributed by atoms with van der Waals surface area (Å²) in [6.07, 6.45) is 1.24. The smallest absolute Gasteiger partial charge is 0.193 e. The summed E-state index contributed by atoms with van der Waals surface area (Å²) in [5.41, 5.74) is 3.33. The van der Waals surface area contributed by atoms with Crippen LogP contribution in [0.1, 0.15) is 27.2 Å². The van der Waals surface area contributed by atoms with Crippen molar-refractivity contribution in [2.75, 3.05) is 0 Å². The Kier molecular flexibility index (Phi) is 6.96. The molecule has 0 bridgehead atoms. The van der Waals surface area contributed by atoms with E-state index in [1.807, 2.05) is 0 Å². The lowest BCUT2D eigenvalue weighted by Gasteiger charge is -2.39. The third kappa shape index (κ3) is 6.89. The van der Waals surface area contributed by atoms with Crippen molar-refractivity contribution in [1.82, 2.24) is 0 Å². The molecule has 0 aromatic rings. The van der Waals surface area contributed by atoms with E-state index in [1.165, 1.54) is 0 Å². The van der Waals surface area contributed by atoms with Crippen LogP contribution in [0.5, 0.6) is 0 Å². The SMILES string of the molecule is C=CC[C@H](O)[C@@H](C#C[Si](C)(C)C)O[Si](C)(C)C(C)(C)C. The van der Waals surface area contributed by atoms with Crippen LogP contribution in [-0.2, 0) is 4.43 Å². The number of aliphatic hydroxyl groups is 1. The lowest BCUT2D eigenvalue weighted by Crippen LogP contribution is -2.46. The Labute approximate surface area is 127 Å². The first-order valence-corrected chi connectivity index (χ1v) is 13.7. The highest BCUT2D eigenvalue weighted by atomic mass is 28.4. The van der Waals surface area contributed by atoms with E-state index in [4.69, 9.17) is 4.43 Å². The highest BCUT2D eigenvalue weighted by Crippen LogP contribution is 2.37. The van der Waals surface area contributed by atoms with E-state index in [9.17, 15) is 5.11 Å². The summed E-state index contributed by atoms with van der Waals surface area (Å²) in [4.78, 5) is 0. The van der Waals surface area contributed by atoms with Gasteiger partial charge in [0.15, 0.2) is 8.32 Å². The first-order chi connectivity index (χ1) is 8.80. The second kappa shape index (κ2) is 7.08. The van der Waals surface area contributed by atoms with Crippen molar-refractivity contribution >= 4 is 16.4 Å². The predicted molar refractivity (Wildman–Crippen MR) is 94.0 cm³/mol. The third-order valence-corrected chi connectivity index (χ3v) is 8.92. The zero-order valence-electron chi connectivity index (χ0n) is 14.5. The molecular formula is C16H32O2Si2. The molecule has 0 amide bonds. The van der Waals surface area contributed by atoms with Crippen molar-refractivity contribution in [1.29, 1.82) is 0 Å². The average Bonchev–Trinajstić information content (AvgIpc) is 2.21. The minimum absolute atomic E-state index is 0.111.